The smallest absolute Gasteiger partial charge is 0.221 e. The van der Waals surface area contributed by atoms with Crippen LogP contribution in [0, 0.1) is 0 Å². The van der Waals surface area contributed by atoms with Crippen molar-refractivity contribution in [1.82, 2.24) is 30.7 Å². The highest BCUT2D eigenvalue weighted by atomic mass is 127. The molecule has 0 radical (unpaired) electrons. The molecule has 1 aromatic heterocycles. The number of guanidine groups is 1. The number of nitrogens with one attached hydrogen (secondary N) is 3. The van der Waals surface area contributed by atoms with Crippen LogP contribution in [0.1, 0.15) is 44.8 Å². The first-order chi connectivity index (χ1) is 12.5. The van der Waals surface area contributed by atoms with Crippen molar-refractivity contribution >= 4 is 35.8 Å². The van der Waals surface area contributed by atoms with Gasteiger partial charge in [0.15, 0.2) is 11.8 Å². The third kappa shape index (κ3) is 7.60. The molecule has 10 heteroatoms. The van der Waals surface area contributed by atoms with Gasteiger partial charge in [0.2, 0.25) is 5.91 Å². The van der Waals surface area contributed by atoms with Gasteiger partial charge in [-0.05, 0) is 19.8 Å². The van der Waals surface area contributed by atoms with Crippen molar-refractivity contribution in [2.45, 2.75) is 64.8 Å². The Morgan fingerprint density at radius 3 is 2.93 bits per heavy atom. The topological polar surface area (TPSA) is 105 Å². The molecule has 1 aromatic rings. The summed E-state index contributed by atoms with van der Waals surface area (Å²) in [6, 6.07) is 0.432. The van der Waals surface area contributed by atoms with E-state index >= 15 is 0 Å². The quantitative estimate of drug-likeness (QED) is 0.282. The summed E-state index contributed by atoms with van der Waals surface area (Å²) >= 11 is 0. The first-order valence-corrected chi connectivity index (χ1v) is 9.23. The number of nitrogens with zero attached hydrogens (tertiary/aromatic N) is 4. The molecule has 3 N–H and O–H groups in total. The molecule has 9 nitrogen and oxygen atoms in total. The summed E-state index contributed by atoms with van der Waals surface area (Å²) < 4.78 is 7.03. The first-order valence-electron chi connectivity index (χ1n) is 9.23. The molecule has 0 aliphatic carbocycles. The van der Waals surface area contributed by atoms with E-state index in [4.69, 9.17) is 4.74 Å². The van der Waals surface area contributed by atoms with Crippen LogP contribution in [-0.2, 0) is 29.1 Å². The van der Waals surface area contributed by atoms with Gasteiger partial charge in [-0.3, -0.25) is 9.79 Å². The minimum atomic E-state index is 0. The van der Waals surface area contributed by atoms with Crippen LogP contribution in [0.25, 0.3) is 0 Å². The Morgan fingerprint density at radius 2 is 2.26 bits per heavy atom. The van der Waals surface area contributed by atoms with Crippen LogP contribution >= 0.6 is 24.0 Å². The Balaban J connectivity index is 0.00000364. The van der Waals surface area contributed by atoms with E-state index in [2.05, 4.69) is 37.9 Å². The summed E-state index contributed by atoms with van der Waals surface area (Å²) in [5.41, 5.74) is 0. The number of fused-ring (bicyclic) bond motifs is 1. The number of amides is 1. The number of carbonyl (C=O) groups excluding carboxylic acids is 1. The SMILES string of the molecule is CCC(C)NC(=O)CCNC(=NC)NC1CCc2nc(COC)nn2C1.I. The fourth-order valence-corrected chi connectivity index (χ4v) is 2.80. The molecule has 1 aliphatic heterocycles. The maximum Gasteiger partial charge on any atom is 0.221 e. The van der Waals surface area contributed by atoms with Crippen molar-refractivity contribution in [3.63, 3.8) is 0 Å². The zero-order valence-corrected chi connectivity index (χ0v) is 18.9. The first kappa shape index (κ1) is 23.6. The van der Waals surface area contributed by atoms with E-state index in [1.165, 1.54) is 0 Å². The van der Waals surface area contributed by atoms with Gasteiger partial charge in [-0.1, -0.05) is 6.92 Å². The molecule has 0 saturated heterocycles. The maximum absolute atomic E-state index is 11.8. The number of aryl methyl sites for hydroxylation is 1. The van der Waals surface area contributed by atoms with Crippen molar-refractivity contribution in [2.24, 2.45) is 4.99 Å². The van der Waals surface area contributed by atoms with Gasteiger partial charge in [0.25, 0.3) is 0 Å². The number of aliphatic imine (C=N–C) groups is 1. The van der Waals surface area contributed by atoms with Gasteiger partial charge in [0.05, 0.1) is 6.54 Å². The fourth-order valence-electron chi connectivity index (χ4n) is 2.80. The van der Waals surface area contributed by atoms with Crippen LogP contribution in [0.4, 0.5) is 0 Å². The minimum absolute atomic E-state index is 0. The lowest BCUT2D eigenvalue weighted by Crippen LogP contribution is -2.47. The Bertz CT molecular complexity index is 620. The molecule has 2 atom stereocenters. The lowest BCUT2D eigenvalue weighted by Gasteiger charge is -2.25. The van der Waals surface area contributed by atoms with Crippen molar-refractivity contribution in [2.75, 3.05) is 20.7 Å². The molecular weight excluding hydrogens is 461 g/mol. The molecule has 0 fully saturated rings. The molecule has 0 saturated carbocycles. The molecular formula is C17H32IN7O2. The molecule has 0 aromatic carbocycles. The second-order valence-corrected chi connectivity index (χ2v) is 6.57. The molecule has 2 unspecified atom stereocenters. The zero-order valence-electron chi connectivity index (χ0n) is 16.6. The maximum atomic E-state index is 11.8. The van der Waals surface area contributed by atoms with E-state index in [0.717, 1.165) is 37.5 Å². The lowest BCUT2D eigenvalue weighted by atomic mass is 10.1. The number of hydrogen-bond acceptors (Lipinski definition) is 5. The van der Waals surface area contributed by atoms with Gasteiger partial charge in [0, 0.05) is 45.6 Å². The molecule has 0 bridgehead atoms. The van der Waals surface area contributed by atoms with Gasteiger partial charge < -0.3 is 20.7 Å². The highest BCUT2D eigenvalue weighted by Gasteiger charge is 2.22. The number of methoxy groups -OCH3 is 1. The second kappa shape index (κ2) is 12.1. The molecule has 2 heterocycles. The highest BCUT2D eigenvalue weighted by molar-refractivity contribution is 14.0. The number of ether oxygens (including phenoxy) is 1. The van der Waals surface area contributed by atoms with Crippen molar-refractivity contribution in [3.05, 3.63) is 11.6 Å². The number of carbonyl (C=O) groups is 1. The summed E-state index contributed by atoms with van der Waals surface area (Å²) in [6.45, 7) is 5.77. The predicted molar refractivity (Wildman–Crippen MR) is 115 cm³/mol. The van der Waals surface area contributed by atoms with Crippen LogP contribution in [0.5, 0.6) is 0 Å². The largest absolute Gasteiger partial charge is 0.377 e. The van der Waals surface area contributed by atoms with E-state index < -0.39 is 0 Å². The molecule has 0 spiro atoms. The van der Waals surface area contributed by atoms with Crippen LogP contribution in [0.2, 0.25) is 0 Å². The van der Waals surface area contributed by atoms with E-state index in [1.54, 1.807) is 14.2 Å². The van der Waals surface area contributed by atoms with E-state index in [1.807, 2.05) is 11.6 Å². The van der Waals surface area contributed by atoms with Crippen LogP contribution in [0.3, 0.4) is 0 Å². The normalized spacial score (nSPS) is 17.5. The number of hydrogen-bond donors (Lipinski definition) is 3. The summed E-state index contributed by atoms with van der Waals surface area (Å²) in [6.07, 6.45) is 3.17. The molecule has 1 aliphatic rings. The predicted octanol–water partition coefficient (Wildman–Crippen LogP) is 0.827. The Morgan fingerprint density at radius 1 is 1.48 bits per heavy atom. The number of aromatic nitrogens is 3. The standard InChI is InChI=1S/C17H31N7O2.HI/c1-5-12(2)20-16(25)8-9-19-17(18-3)21-13-6-7-15-22-14(11-26-4)23-24(15)10-13;/h12-13H,5-11H2,1-4H3,(H,20,25)(H2,18,19,21);1H. The third-order valence-electron chi connectivity index (χ3n) is 4.40. The molecule has 1 amide bonds. The van der Waals surface area contributed by atoms with Gasteiger partial charge in [-0.2, -0.15) is 5.10 Å². The van der Waals surface area contributed by atoms with Gasteiger partial charge in [0.1, 0.15) is 12.4 Å². The Labute approximate surface area is 178 Å². The molecule has 27 heavy (non-hydrogen) atoms. The van der Waals surface area contributed by atoms with E-state index in [0.29, 0.717) is 25.5 Å². The van der Waals surface area contributed by atoms with Crippen LogP contribution in [0.15, 0.2) is 4.99 Å². The second-order valence-electron chi connectivity index (χ2n) is 6.57. The Kier molecular flexibility index (Phi) is 10.6. The van der Waals surface area contributed by atoms with Crippen molar-refractivity contribution < 1.29 is 9.53 Å². The van der Waals surface area contributed by atoms with Gasteiger partial charge >= 0.3 is 0 Å². The van der Waals surface area contributed by atoms with E-state index in [9.17, 15) is 4.79 Å². The minimum Gasteiger partial charge on any atom is -0.377 e. The summed E-state index contributed by atoms with van der Waals surface area (Å²) in [5.74, 6) is 2.47. The third-order valence-corrected chi connectivity index (χ3v) is 4.40. The zero-order chi connectivity index (χ0) is 18.9. The Hall–Kier alpha value is -1.43. The average Bonchev–Trinajstić information content (AvgIpc) is 3.02. The summed E-state index contributed by atoms with van der Waals surface area (Å²) in [5, 5.41) is 14.0. The average molecular weight is 493 g/mol. The molecule has 154 valence electrons. The van der Waals surface area contributed by atoms with Crippen molar-refractivity contribution in [3.8, 4) is 0 Å². The summed E-state index contributed by atoms with van der Waals surface area (Å²) in [7, 11) is 3.37. The van der Waals surface area contributed by atoms with Gasteiger partial charge in [-0.25, -0.2) is 9.67 Å². The number of rotatable bonds is 8. The van der Waals surface area contributed by atoms with E-state index in [-0.39, 0.29) is 42.0 Å². The number of halogens is 1. The monoisotopic (exact) mass is 493 g/mol. The lowest BCUT2D eigenvalue weighted by molar-refractivity contribution is -0.121. The van der Waals surface area contributed by atoms with Crippen LogP contribution in [-0.4, -0.2) is 59.4 Å². The molecule has 2 rings (SSSR count). The van der Waals surface area contributed by atoms with Crippen LogP contribution < -0.4 is 16.0 Å². The fraction of sp³-hybridized carbons (Fsp3) is 0.765. The summed E-state index contributed by atoms with van der Waals surface area (Å²) in [4.78, 5) is 20.6. The van der Waals surface area contributed by atoms with Crippen molar-refractivity contribution in [1.29, 1.82) is 0 Å². The highest BCUT2D eigenvalue weighted by Crippen LogP contribution is 2.13. The van der Waals surface area contributed by atoms with Gasteiger partial charge in [-0.15, -0.1) is 24.0 Å².